The fourth-order valence-corrected chi connectivity index (χ4v) is 5.79. The minimum Gasteiger partial charge on any atom is -0.477 e. The van der Waals surface area contributed by atoms with E-state index in [4.69, 9.17) is 13.9 Å². The van der Waals surface area contributed by atoms with Crippen LogP contribution in [0, 0.1) is 17.1 Å². The fourth-order valence-electron chi connectivity index (χ4n) is 4.22. The molecule has 1 heterocycles. The van der Waals surface area contributed by atoms with Crippen molar-refractivity contribution in [2.24, 2.45) is 0 Å². The Bertz CT molecular complexity index is 1530. The predicted molar refractivity (Wildman–Crippen MR) is 155 cm³/mol. The number of esters is 1. The molecule has 10 heteroatoms. The number of rotatable bonds is 12. The third-order valence-electron chi connectivity index (χ3n) is 6.17. The van der Waals surface area contributed by atoms with Crippen LogP contribution in [0.25, 0.3) is 17.2 Å². The summed E-state index contributed by atoms with van der Waals surface area (Å²) >= 11 is 0. The number of furan rings is 1. The Hall–Kier alpha value is -3.94. The number of nitrogens with zero attached hydrogens (tertiary/aromatic N) is 2. The molecule has 0 saturated heterocycles. The lowest BCUT2D eigenvalue weighted by Gasteiger charge is -2.23. The number of hydrogen-bond acceptors (Lipinski definition) is 8. The first-order chi connectivity index (χ1) is 19.4. The molecule has 3 aromatic rings. The van der Waals surface area contributed by atoms with Crippen molar-refractivity contribution in [3.8, 4) is 22.9 Å². The highest BCUT2D eigenvalue weighted by molar-refractivity contribution is 7.90. The van der Waals surface area contributed by atoms with Crippen LogP contribution in [0.1, 0.15) is 56.1 Å². The SMILES string of the molecule is CCN(CC)C/C=C/c1cc(F)ccc1S(=O)(=O)Cc1ccc(-c2ccoc2)c(OCC#N)c1C(=O)OC(C)(C)C. The number of benzene rings is 2. The number of likely N-dealkylation sites (N-methyl/N-ethyl adjacent to an activating group) is 1. The number of sulfone groups is 1. The standard InChI is InChI=1S/C31H35FN2O6S/c1-6-34(7-2)16-8-9-22-19-25(32)11-13-27(22)41(36,37)21-24-10-12-26(23-14-17-38-20-23)29(39-18-15-33)28(24)30(35)40-31(3,4)5/h8-14,17,19-20H,6-7,16,18,21H2,1-5H3/b9-8+. The first-order valence-corrected chi connectivity index (χ1v) is 14.9. The molecule has 41 heavy (non-hydrogen) atoms. The van der Waals surface area contributed by atoms with Gasteiger partial charge in [-0.2, -0.15) is 5.26 Å². The molecule has 3 rings (SSSR count). The maximum Gasteiger partial charge on any atom is 0.342 e. The fraction of sp³-hybridized carbons (Fsp3) is 0.355. The van der Waals surface area contributed by atoms with Crippen LogP contribution >= 0.6 is 0 Å². The maximum atomic E-state index is 14.2. The molecule has 0 N–H and O–H groups in total. The summed E-state index contributed by atoms with van der Waals surface area (Å²) in [5, 5.41) is 9.21. The van der Waals surface area contributed by atoms with E-state index in [1.807, 2.05) is 19.9 Å². The van der Waals surface area contributed by atoms with Gasteiger partial charge in [0.15, 0.2) is 16.4 Å². The molecule has 0 atom stereocenters. The monoisotopic (exact) mass is 582 g/mol. The number of carbonyl (C=O) groups excluding carboxylic acids is 1. The normalized spacial score (nSPS) is 12.0. The van der Waals surface area contributed by atoms with Crippen LogP contribution < -0.4 is 4.74 Å². The second-order valence-electron chi connectivity index (χ2n) is 10.3. The molecule has 0 bridgehead atoms. The largest absolute Gasteiger partial charge is 0.477 e. The van der Waals surface area contributed by atoms with Gasteiger partial charge in [0.2, 0.25) is 0 Å². The molecule has 8 nitrogen and oxygen atoms in total. The topological polar surface area (TPSA) is 110 Å². The molecule has 0 fully saturated rings. The van der Waals surface area contributed by atoms with E-state index in [2.05, 4.69) is 4.90 Å². The van der Waals surface area contributed by atoms with E-state index in [1.165, 1.54) is 30.7 Å². The van der Waals surface area contributed by atoms with Crippen molar-refractivity contribution in [3.63, 3.8) is 0 Å². The van der Waals surface area contributed by atoms with Gasteiger partial charge in [-0.15, -0.1) is 0 Å². The highest BCUT2D eigenvalue weighted by Gasteiger charge is 2.30. The molecular formula is C31H35FN2O6S. The molecule has 0 aliphatic heterocycles. The highest BCUT2D eigenvalue weighted by atomic mass is 32.2. The van der Waals surface area contributed by atoms with Gasteiger partial charge < -0.3 is 18.8 Å². The van der Waals surface area contributed by atoms with Crippen molar-refractivity contribution in [3.05, 3.63) is 77.5 Å². The Morgan fingerprint density at radius 1 is 1.15 bits per heavy atom. The number of halogens is 1. The van der Waals surface area contributed by atoms with Gasteiger partial charge in [0.1, 0.15) is 28.8 Å². The molecule has 1 aromatic heterocycles. The first kappa shape index (κ1) is 31.6. The van der Waals surface area contributed by atoms with Crippen LogP contribution in [-0.2, 0) is 20.3 Å². The number of hydrogen-bond donors (Lipinski definition) is 0. The van der Waals surface area contributed by atoms with Gasteiger partial charge in [-0.25, -0.2) is 17.6 Å². The van der Waals surface area contributed by atoms with Gasteiger partial charge in [-0.05, 0) is 69.3 Å². The van der Waals surface area contributed by atoms with Crippen molar-refractivity contribution < 1.29 is 31.5 Å². The Balaban J connectivity index is 2.15. The van der Waals surface area contributed by atoms with Crippen LogP contribution in [0.2, 0.25) is 0 Å². The summed E-state index contributed by atoms with van der Waals surface area (Å²) in [4.78, 5) is 15.6. The molecule has 0 aliphatic carbocycles. The van der Waals surface area contributed by atoms with Crippen LogP contribution in [0.15, 0.2) is 64.3 Å². The van der Waals surface area contributed by atoms with Gasteiger partial charge in [0.05, 0.1) is 23.2 Å². The molecule has 2 aromatic carbocycles. The second kappa shape index (κ2) is 13.6. The summed E-state index contributed by atoms with van der Waals surface area (Å²) in [6.45, 7) is 10.9. The van der Waals surface area contributed by atoms with Crippen LogP contribution in [0.5, 0.6) is 5.75 Å². The van der Waals surface area contributed by atoms with E-state index in [9.17, 15) is 22.9 Å². The maximum absolute atomic E-state index is 14.2. The van der Waals surface area contributed by atoms with Crippen molar-refractivity contribution in [2.75, 3.05) is 26.2 Å². The number of nitriles is 1. The minimum absolute atomic E-state index is 0.00773. The Morgan fingerprint density at radius 3 is 2.49 bits per heavy atom. The van der Waals surface area contributed by atoms with E-state index in [-0.39, 0.29) is 27.3 Å². The lowest BCUT2D eigenvalue weighted by Crippen LogP contribution is -2.25. The Kier molecular flexibility index (Phi) is 10.5. The summed E-state index contributed by atoms with van der Waals surface area (Å²) in [5.74, 6) is -1.97. The highest BCUT2D eigenvalue weighted by Crippen LogP contribution is 2.38. The van der Waals surface area contributed by atoms with Crippen molar-refractivity contribution in [1.29, 1.82) is 5.26 Å². The van der Waals surface area contributed by atoms with Gasteiger partial charge in [0.25, 0.3) is 0 Å². The zero-order valence-corrected chi connectivity index (χ0v) is 24.8. The van der Waals surface area contributed by atoms with E-state index in [0.717, 1.165) is 19.2 Å². The first-order valence-electron chi connectivity index (χ1n) is 13.2. The predicted octanol–water partition coefficient (Wildman–Crippen LogP) is 6.27. The average molecular weight is 583 g/mol. The quantitative estimate of drug-likeness (QED) is 0.182. The number of carbonyl (C=O) groups is 1. The Labute approximate surface area is 240 Å². The summed E-state index contributed by atoms with van der Waals surface area (Å²) < 4.78 is 58.4. The van der Waals surface area contributed by atoms with Crippen LogP contribution in [0.4, 0.5) is 4.39 Å². The van der Waals surface area contributed by atoms with Gasteiger partial charge >= 0.3 is 5.97 Å². The smallest absolute Gasteiger partial charge is 0.342 e. The van der Waals surface area contributed by atoms with E-state index < -0.39 is 39.6 Å². The molecule has 0 spiro atoms. The van der Waals surface area contributed by atoms with Crippen molar-refractivity contribution in [1.82, 2.24) is 4.90 Å². The third-order valence-corrected chi connectivity index (χ3v) is 7.90. The van der Waals surface area contributed by atoms with Gasteiger partial charge in [-0.1, -0.05) is 38.1 Å². The summed E-state index contributed by atoms with van der Waals surface area (Å²) in [5.41, 5.74) is 0.298. The third kappa shape index (κ3) is 8.28. The molecular weight excluding hydrogens is 547 g/mol. The van der Waals surface area contributed by atoms with Crippen LogP contribution in [0.3, 0.4) is 0 Å². The molecule has 0 radical (unpaired) electrons. The molecule has 0 unspecified atom stereocenters. The average Bonchev–Trinajstić information content (AvgIpc) is 3.43. The second-order valence-corrected chi connectivity index (χ2v) is 12.2. The molecule has 0 saturated carbocycles. The van der Waals surface area contributed by atoms with E-state index in [1.54, 1.807) is 45.1 Å². The van der Waals surface area contributed by atoms with E-state index >= 15 is 0 Å². The molecule has 0 amide bonds. The summed E-state index contributed by atoms with van der Waals surface area (Å²) in [6.07, 6.45) is 6.27. The van der Waals surface area contributed by atoms with Crippen molar-refractivity contribution in [2.45, 2.75) is 50.9 Å². The molecule has 218 valence electrons. The zero-order valence-electron chi connectivity index (χ0n) is 23.9. The Morgan fingerprint density at radius 2 is 1.88 bits per heavy atom. The van der Waals surface area contributed by atoms with Crippen molar-refractivity contribution >= 4 is 21.9 Å². The number of ether oxygens (including phenoxy) is 2. The van der Waals surface area contributed by atoms with E-state index in [0.29, 0.717) is 17.7 Å². The summed E-state index contributed by atoms with van der Waals surface area (Å²) in [7, 11) is -4.10. The lowest BCUT2D eigenvalue weighted by atomic mass is 9.99. The van der Waals surface area contributed by atoms with Gasteiger partial charge in [-0.3, -0.25) is 0 Å². The zero-order chi connectivity index (χ0) is 30.2. The van der Waals surface area contributed by atoms with Crippen LogP contribution in [-0.4, -0.2) is 51.1 Å². The van der Waals surface area contributed by atoms with Gasteiger partial charge in [0, 0.05) is 17.7 Å². The lowest BCUT2D eigenvalue weighted by molar-refractivity contribution is 0.00653. The molecule has 0 aliphatic rings. The minimum atomic E-state index is -4.10. The summed E-state index contributed by atoms with van der Waals surface area (Å²) in [6, 6.07) is 10.1.